The molecule has 1 aromatic carbocycles. The highest BCUT2D eigenvalue weighted by Crippen LogP contribution is 2.18. The van der Waals surface area contributed by atoms with Crippen molar-refractivity contribution < 1.29 is 9.53 Å². The van der Waals surface area contributed by atoms with E-state index in [2.05, 4.69) is 11.4 Å². The minimum Gasteiger partial charge on any atom is -0.465 e. The molecule has 0 saturated heterocycles. The second kappa shape index (κ2) is 6.14. The molecule has 0 amide bonds. The van der Waals surface area contributed by atoms with Crippen LogP contribution in [-0.4, -0.2) is 17.6 Å². The molecule has 1 N–H and O–H groups in total. The van der Waals surface area contributed by atoms with Gasteiger partial charge in [-0.25, -0.2) is 4.79 Å². The topological polar surface area (TPSA) is 67.0 Å². The van der Waals surface area contributed by atoms with E-state index >= 15 is 0 Å². The monoisotopic (exact) mass is 283 g/mol. The van der Waals surface area contributed by atoms with Gasteiger partial charge in [0.25, 0.3) is 0 Å². The molecule has 5 heteroatoms. The molecule has 0 saturated carbocycles. The lowest BCUT2D eigenvalue weighted by atomic mass is 10.1. The van der Waals surface area contributed by atoms with Crippen LogP contribution in [0.5, 0.6) is 0 Å². The number of hydrogen-bond acceptors (Lipinski definition) is 4. The summed E-state index contributed by atoms with van der Waals surface area (Å²) in [6.45, 7) is 2.55. The molecule has 0 aliphatic rings. The van der Waals surface area contributed by atoms with Crippen molar-refractivity contribution in [3.05, 3.63) is 52.8 Å². The summed E-state index contributed by atoms with van der Waals surface area (Å²) in [5, 5.41) is 12.2. The van der Waals surface area contributed by atoms with E-state index in [1.807, 2.05) is 32.3 Å². The van der Waals surface area contributed by atoms with Crippen molar-refractivity contribution in [1.29, 1.82) is 5.26 Å². The Morgan fingerprint density at radius 3 is 2.76 bits per heavy atom. The van der Waals surface area contributed by atoms with Gasteiger partial charge in [-0.1, -0.05) is 0 Å². The van der Waals surface area contributed by atoms with Crippen molar-refractivity contribution in [3.63, 3.8) is 0 Å². The first-order chi connectivity index (χ1) is 10.0. The average Bonchev–Trinajstić information content (AvgIpc) is 2.85. The van der Waals surface area contributed by atoms with Crippen LogP contribution in [0, 0.1) is 18.3 Å². The fourth-order valence-corrected chi connectivity index (χ4v) is 2.14. The molecule has 108 valence electrons. The summed E-state index contributed by atoms with van der Waals surface area (Å²) in [4.78, 5) is 11.5. The van der Waals surface area contributed by atoms with Crippen LogP contribution in [0.25, 0.3) is 0 Å². The number of nitrogens with zero attached hydrogens (tertiary/aromatic N) is 2. The van der Waals surface area contributed by atoms with Crippen LogP contribution in [0.4, 0.5) is 5.69 Å². The number of carbonyl (C=O) groups excluding carboxylic acids is 1. The number of esters is 1. The van der Waals surface area contributed by atoms with Crippen LogP contribution >= 0.6 is 0 Å². The van der Waals surface area contributed by atoms with Crippen molar-refractivity contribution in [2.45, 2.75) is 13.5 Å². The molecule has 0 unspecified atom stereocenters. The molecular weight excluding hydrogens is 266 g/mol. The first-order valence-electron chi connectivity index (χ1n) is 6.53. The maximum absolute atomic E-state index is 11.5. The van der Waals surface area contributed by atoms with Gasteiger partial charge < -0.3 is 14.6 Å². The van der Waals surface area contributed by atoms with Gasteiger partial charge in [-0.05, 0) is 42.3 Å². The molecule has 1 heterocycles. The Labute approximate surface area is 123 Å². The van der Waals surface area contributed by atoms with Crippen LogP contribution in [0.2, 0.25) is 0 Å². The number of rotatable bonds is 4. The third-order valence-corrected chi connectivity index (χ3v) is 3.31. The Hall–Kier alpha value is -2.74. The van der Waals surface area contributed by atoms with Gasteiger partial charge in [0.15, 0.2) is 0 Å². The van der Waals surface area contributed by atoms with Crippen LogP contribution in [0.3, 0.4) is 0 Å². The SMILES string of the molecule is COC(=O)c1ccc(NCc2cc(C#N)n(C)c2)c(C)c1. The molecule has 0 aliphatic carbocycles. The maximum atomic E-state index is 11.5. The van der Waals surface area contributed by atoms with Crippen molar-refractivity contribution in [2.24, 2.45) is 7.05 Å². The fraction of sp³-hybridized carbons (Fsp3) is 0.250. The van der Waals surface area contributed by atoms with Crippen LogP contribution in [0.1, 0.15) is 27.2 Å². The summed E-state index contributed by atoms with van der Waals surface area (Å²) in [6, 6.07) is 9.37. The Morgan fingerprint density at radius 1 is 1.43 bits per heavy atom. The second-order valence-corrected chi connectivity index (χ2v) is 4.83. The Bertz CT molecular complexity index is 711. The quantitative estimate of drug-likeness (QED) is 0.876. The third-order valence-electron chi connectivity index (χ3n) is 3.31. The molecule has 0 aliphatic heterocycles. The van der Waals surface area contributed by atoms with Gasteiger partial charge in [0, 0.05) is 25.5 Å². The highest BCUT2D eigenvalue weighted by atomic mass is 16.5. The Morgan fingerprint density at radius 2 is 2.19 bits per heavy atom. The van der Waals surface area contributed by atoms with Gasteiger partial charge in [-0.3, -0.25) is 0 Å². The zero-order valence-electron chi connectivity index (χ0n) is 12.3. The molecule has 1 aromatic heterocycles. The Kier molecular flexibility index (Phi) is 4.29. The van der Waals surface area contributed by atoms with Crippen molar-refractivity contribution in [3.8, 4) is 6.07 Å². The largest absolute Gasteiger partial charge is 0.465 e. The zero-order chi connectivity index (χ0) is 15.4. The molecule has 5 nitrogen and oxygen atoms in total. The fourth-order valence-electron chi connectivity index (χ4n) is 2.14. The van der Waals surface area contributed by atoms with Crippen LogP contribution in [-0.2, 0) is 18.3 Å². The van der Waals surface area contributed by atoms with E-state index < -0.39 is 0 Å². The first-order valence-corrected chi connectivity index (χ1v) is 6.53. The first kappa shape index (κ1) is 14.7. The van der Waals surface area contributed by atoms with Crippen molar-refractivity contribution in [1.82, 2.24) is 4.57 Å². The number of anilines is 1. The minimum absolute atomic E-state index is 0.341. The highest BCUT2D eigenvalue weighted by molar-refractivity contribution is 5.90. The van der Waals surface area contributed by atoms with Gasteiger partial charge >= 0.3 is 5.97 Å². The highest BCUT2D eigenvalue weighted by Gasteiger charge is 2.08. The number of nitrogens with one attached hydrogen (secondary N) is 1. The van der Waals surface area contributed by atoms with E-state index in [0.717, 1.165) is 16.8 Å². The lowest BCUT2D eigenvalue weighted by Gasteiger charge is -2.10. The number of methoxy groups -OCH3 is 1. The lowest BCUT2D eigenvalue weighted by molar-refractivity contribution is 0.0600. The maximum Gasteiger partial charge on any atom is 0.337 e. The molecule has 2 aromatic rings. The number of aromatic nitrogens is 1. The standard InChI is InChI=1S/C16H17N3O2/c1-11-6-13(16(20)21-3)4-5-15(11)18-9-12-7-14(8-17)19(2)10-12/h4-7,10,18H,9H2,1-3H3. The van der Waals surface area contributed by atoms with E-state index in [1.165, 1.54) is 7.11 Å². The van der Waals surface area contributed by atoms with Crippen LogP contribution in [0.15, 0.2) is 30.5 Å². The van der Waals surface area contributed by atoms with Crippen molar-refractivity contribution in [2.75, 3.05) is 12.4 Å². The van der Waals surface area contributed by atoms with E-state index in [4.69, 9.17) is 10.00 Å². The van der Waals surface area contributed by atoms with E-state index in [-0.39, 0.29) is 5.97 Å². The molecule has 0 atom stereocenters. The number of aryl methyl sites for hydroxylation is 2. The molecule has 0 radical (unpaired) electrons. The lowest BCUT2D eigenvalue weighted by Crippen LogP contribution is -2.04. The second-order valence-electron chi connectivity index (χ2n) is 4.83. The Balaban J connectivity index is 2.10. The number of carbonyl (C=O) groups is 1. The van der Waals surface area contributed by atoms with E-state index in [0.29, 0.717) is 17.8 Å². The predicted molar refractivity (Wildman–Crippen MR) is 80.0 cm³/mol. The predicted octanol–water partition coefficient (Wildman–Crippen LogP) is 2.60. The molecule has 2 rings (SSSR count). The van der Waals surface area contributed by atoms with Gasteiger partial charge in [-0.15, -0.1) is 0 Å². The summed E-state index contributed by atoms with van der Waals surface area (Å²) >= 11 is 0. The van der Waals surface area contributed by atoms with Crippen LogP contribution < -0.4 is 5.32 Å². The smallest absolute Gasteiger partial charge is 0.337 e. The molecule has 0 spiro atoms. The number of hydrogen-bond donors (Lipinski definition) is 1. The molecule has 21 heavy (non-hydrogen) atoms. The summed E-state index contributed by atoms with van der Waals surface area (Å²) in [6.07, 6.45) is 1.92. The third kappa shape index (κ3) is 3.23. The summed E-state index contributed by atoms with van der Waals surface area (Å²) in [5.74, 6) is -0.341. The van der Waals surface area contributed by atoms with E-state index in [9.17, 15) is 4.79 Å². The van der Waals surface area contributed by atoms with Crippen molar-refractivity contribution >= 4 is 11.7 Å². The van der Waals surface area contributed by atoms with Gasteiger partial charge in [0.05, 0.1) is 12.7 Å². The molecule has 0 bridgehead atoms. The number of nitriles is 1. The average molecular weight is 283 g/mol. The van der Waals surface area contributed by atoms with E-state index in [1.54, 1.807) is 16.7 Å². The summed E-state index contributed by atoms with van der Waals surface area (Å²) in [7, 11) is 3.21. The molecular formula is C16H17N3O2. The minimum atomic E-state index is -0.341. The van der Waals surface area contributed by atoms with Gasteiger partial charge in [-0.2, -0.15) is 5.26 Å². The zero-order valence-corrected chi connectivity index (χ0v) is 12.3. The summed E-state index contributed by atoms with van der Waals surface area (Å²) in [5.41, 5.74) is 4.11. The number of benzene rings is 1. The normalized spacial score (nSPS) is 10.0. The van der Waals surface area contributed by atoms with Gasteiger partial charge in [0.2, 0.25) is 0 Å². The number of ether oxygens (including phenoxy) is 1. The molecule has 0 fully saturated rings. The summed E-state index contributed by atoms with van der Waals surface area (Å²) < 4.78 is 6.49. The van der Waals surface area contributed by atoms with Gasteiger partial charge in [0.1, 0.15) is 11.8 Å².